The van der Waals surface area contributed by atoms with Crippen molar-refractivity contribution in [1.29, 1.82) is 0 Å². The summed E-state index contributed by atoms with van der Waals surface area (Å²) in [4.78, 5) is 10.4. The van der Waals surface area contributed by atoms with Crippen LogP contribution >= 0.6 is 0 Å². The Bertz CT molecular complexity index is 151. The fourth-order valence-corrected chi connectivity index (χ4v) is 1.13. The second kappa shape index (κ2) is 10.0. The smallest absolute Gasteiger partial charge is 0.146 e. The van der Waals surface area contributed by atoms with Gasteiger partial charge in [0.05, 0.1) is 12.2 Å². The van der Waals surface area contributed by atoms with Gasteiger partial charge in [-0.1, -0.05) is 0 Å². The Morgan fingerprint density at radius 2 is 1.73 bits per heavy atom. The van der Waals surface area contributed by atoms with Gasteiger partial charge in [-0.05, 0) is 6.92 Å². The van der Waals surface area contributed by atoms with Crippen LogP contribution in [0.3, 0.4) is 0 Å². The van der Waals surface area contributed by atoms with Gasteiger partial charge in [0.15, 0.2) is 0 Å². The van der Waals surface area contributed by atoms with Gasteiger partial charge < -0.3 is 23.7 Å². The van der Waals surface area contributed by atoms with Gasteiger partial charge in [-0.15, -0.1) is 0 Å². The third-order valence-electron chi connectivity index (χ3n) is 1.85. The van der Waals surface area contributed by atoms with Crippen molar-refractivity contribution in [2.45, 2.75) is 32.0 Å². The van der Waals surface area contributed by atoms with Crippen LogP contribution in [-0.2, 0) is 23.7 Å². The molecule has 0 bridgehead atoms. The van der Waals surface area contributed by atoms with Crippen LogP contribution in [0, 0.1) is 0 Å². The molecule has 0 aliphatic rings. The number of ether oxygens (including phenoxy) is 4. The van der Waals surface area contributed by atoms with Crippen molar-refractivity contribution < 1.29 is 23.7 Å². The molecule has 0 spiro atoms. The first-order valence-electron chi connectivity index (χ1n) is 4.89. The normalized spacial score (nSPS) is 14.9. The quantitative estimate of drug-likeness (QED) is 0.405. The van der Waals surface area contributed by atoms with E-state index >= 15 is 0 Å². The third kappa shape index (κ3) is 8.50. The van der Waals surface area contributed by atoms with Crippen molar-refractivity contribution in [2.75, 3.05) is 27.8 Å². The summed E-state index contributed by atoms with van der Waals surface area (Å²) in [7, 11) is 3.11. The molecule has 0 heterocycles. The standard InChI is InChI=1S/C10H20O5/c1-9(14-7-12-2)6-10(4-5-11)15-8-13-3/h5,9-10H,4,6-8H2,1-3H3/t9-,10+/m0/s1. The molecule has 0 amide bonds. The first kappa shape index (κ1) is 14.5. The van der Waals surface area contributed by atoms with Gasteiger partial charge in [0, 0.05) is 27.1 Å². The summed E-state index contributed by atoms with van der Waals surface area (Å²) in [6, 6.07) is 0. The Balaban J connectivity index is 3.75. The zero-order valence-electron chi connectivity index (χ0n) is 9.60. The summed E-state index contributed by atoms with van der Waals surface area (Å²) in [6.45, 7) is 2.35. The summed E-state index contributed by atoms with van der Waals surface area (Å²) in [6.07, 6.45) is 1.67. The molecule has 90 valence electrons. The van der Waals surface area contributed by atoms with Crippen LogP contribution < -0.4 is 0 Å². The van der Waals surface area contributed by atoms with Crippen molar-refractivity contribution in [3.05, 3.63) is 0 Å². The number of carbonyl (C=O) groups excluding carboxylic acids is 1. The van der Waals surface area contributed by atoms with Gasteiger partial charge in [0.2, 0.25) is 0 Å². The lowest BCUT2D eigenvalue weighted by Crippen LogP contribution is -2.23. The Labute approximate surface area is 90.6 Å². The van der Waals surface area contributed by atoms with Gasteiger partial charge in [-0.3, -0.25) is 0 Å². The lowest BCUT2D eigenvalue weighted by Gasteiger charge is -2.19. The highest BCUT2D eigenvalue weighted by Gasteiger charge is 2.13. The van der Waals surface area contributed by atoms with E-state index in [1.54, 1.807) is 14.2 Å². The Morgan fingerprint density at radius 3 is 2.27 bits per heavy atom. The summed E-state index contributed by atoms with van der Waals surface area (Å²) < 4.78 is 20.2. The maximum atomic E-state index is 10.4. The summed E-state index contributed by atoms with van der Waals surface area (Å²) in [5.74, 6) is 0. The molecule has 0 saturated heterocycles. The highest BCUT2D eigenvalue weighted by atomic mass is 16.7. The fraction of sp³-hybridized carbons (Fsp3) is 0.900. The van der Waals surface area contributed by atoms with Gasteiger partial charge in [-0.25, -0.2) is 0 Å². The van der Waals surface area contributed by atoms with Crippen molar-refractivity contribution in [1.82, 2.24) is 0 Å². The van der Waals surface area contributed by atoms with E-state index in [2.05, 4.69) is 0 Å². The number of methoxy groups -OCH3 is 2. The molecular weight excluding hydrogens is 200 g/mol. The molecule has 0 rings (SSSR count). The lowest BCUT2D eigenvalue weighted by molar-refractivity contribution is -0.123. The van der Waals surface area contributed by atoms with Crippen molar-refractivity contribution in [3.63, 3.8) is 0 Å². The molecule has 0 aromatic heterocycles. The van der Waals surface area contributed by atoms with Crippen LogP contribution in [0.15, 0.2) is 0 Å². The molecule has 0 aliphatic carbocycles. The molecule has 0 aliphatic heterocycles. The predicted octanol–water partition coefficient (Wildman–Crippen LogP) is 0.964. The molecule has 5 nitrogen and oxygen atoms in total. The van der Waals surface area contributed by atoms with Gasteiger partial charge in [-0.2, -0.15) is 0 Å². The van der Waals surface area contributed by atoms with E-state index in [-0.39, 0.29) is 25.8 Å². The highest BCUT2D eigenvalue weighted by Crippen LogP contribution is 2.09. The van der Waals surface area contributed by atoms with Gasteiger partial charge >= 0.3 is 0 Å². The van der Waals surface area contributed by atoms with Gasteiger partial charge in [0.1, 0.15) is 19.9 Å². The molecule has 5 heteroatoms. The van der Waals surface area contributed by atoms with Crippen molar-refractivity contribution >= 4 is 6.29 Å². The topological polar surface area (TPSA) is 54.0 Å². The maximum Gasteiger partial charge on any atom is 0.146 e. The number of carbonyl (C=O) groups is 1. The fourth-order valence-electron chi connectivity index (χ4n) is 1.13. The van der Waals surface area contributed by atoms with Crippen LogP contribution in [0.1, 0.15) is 19.8 Å². The molecule has 0 fully saturated rings. The first-order chi connectivity index (χ1) is 7.24. The zero-order valence-corrected chi connectivity index (χ0v) is 9.60. The minimum Gasteiger partial charge on any atom is -0.359 e. The van der Waals surface area contributed by atoms with Crippen LogP contribution in [0.5, 0.6) is 0 Å². The largest absolute Gasteiger partial charge is 0.359 e. The molecule has 0 unspecified atom stereocenters. The van der Waals surface area contributed by atoms with Crippen molar-refractivity contribution in [3.8, 4) is 0 Å². The summed E-state index contributed by atoms with van der Waals surface area (Å²) in [5.41, 5.74) is 0. The summed E-state index contributed by atoms with van der Waals surface area (Å²) in [5, 5.41) is 0. The van der Waals surface area contributed by atoms with Crippen LogP contribution in [0.2, 0.25) is 0 Å². The average Bonchev–Trinajstić information content (AvgIpc) is 2.23. The third-order valence-corrected chi connectivity index (χ3v) is 1.85. The highest BCUT2D eigenvalue weighted by molar-refractivity contribution is 5.50. The molecule has 2 atom stereocenters. The summed E-state index contributed by atoms with van der Waals surface area (Å²) >= 11 is 0. The molecule has 0 aromatic rings. The predicted molar refractivity (Wildman–Crippen MR) is 54.5 cm³/mol. The van der Waals surface area contributed by atoms with Gasteiger partial charge in [0.25, 0.3) is 0 Å². The number of rotatable bonds is 10. The first-order valence-corrected chi connectivity index (χ1v) is 4.89. The van der Waals surface area contributed by atoms with E-state index in [0.29, 0.717) is 12.8 Å². The van der Waals surface area contributed by atoms with E-state index in [1.165, 1.54) is 0 Å². The molecule has 0 N–H and O–H groups in total. The maximum absolute atomic E-state index is 10.4. The van der Waals surface area contributed by atoms with E-state index in [1.807, 2.05) is 6.92 Å². The molecule has 0 aromatic carbocycles. The Morgan fingerprint density at radius 1 is 1.13 bits per heavy atom. The number of hydrogen-bond donors (Lipinski definition) is 0. The van der Waals surface area contributed by atoms with E-state index in [9.17, 15) is 4.79 Å². The zero-order chi connectivity index (χ0) is 11.5. The molecular formula is C10H20O5. The number of aldehydes is 1. The minimum atomic E-state index is -0.158. The number of hydrogen-bond acceptors (Lipinski definition) is 5. The monoisotopic (exact) mass is 220 g/mol. The van der Waals surface area contributed by atoms with E-state index < -0.39 is 0 Å². The van der Waals surface area contributed by atoms with Crippen LogP contribution in [0.25, 0.3) is 0 Å². The van der Waals surface area contributed by atoms with E-state index in [4.69, 9.17) is 18.9 Å². The molecule has 0 radical (unpaired) electrons. The average molecular weight is 220 g/mol. The van der Waals surface area contributed by atoms with Crippen LogP contribution in [-0.4, -0.2) is 46.3 Å². The van der Waals surface area contributed by atoms with Crippen molar-refractivity contribution in [2.24, 2.45) is 0 Å². The minimum absolute atomic E-state index is 0.00763. The van der Waals surface area contributed by atoms with E-state index in [0.717, 1.165) is 6.29 Å². The second-order valence-corrected chi connectivity index (χ2v) is 3.22. The van der Waals surface area contributed by atoms with Crippen LogP contribution in [0.4, 0.5) is 0 Å². The lowest BCUT2D eigenvalue weighted by atomic mass is 10.1. The SMILES string of the molecule is COCO[C@H](CC=O)C[C@H](C)OCOC. The Hall–Kier alpha value is -0.490. The Kier molecular flexibility index (Phi) is 9.71. The molecule has 0 saturated carbocycles. The second-order valence-electron chi connectivity index (χ2n) is 3.22. The molecule has 15 heavy (non-hydrogen) atoms.